The van der Waals surface area contributed by atoms with Crippen LogP contribution in [0, 0.1) is 5.92 Å². The van der Waals surface area contributed by atoms with Crippen molar-refractivity contribution in [2.24, 2.45) is 11.7 Å². The topological polar surface area (TPSA) is 52.3 Å². The fraction of sp³-hybridized carbons (Fsp3) is 0.900. The van der Waals surface area contributed by atoms with Gasteiger partial charge in [0.05, 0.1) is 6.61 Å². The van der Waals surface area contributed by atoms with E-state index in [2.05, 4.69) is 0 Å². The van der Waals surface area contributed by atoms with Crippen LogP contribution in [0.25, 0.3) is 0 Å². The van der Waals surface area contributed by atoms with Crippen molar-refractivity contribution in [2.75, 3.05) is 13.2 Å². The molecule has 1 aliphatic heterocycles. The van der Waals surface area contributed by atoms with E-state index in [1.807, 2.05) is 0 Å². The zero-order valence-corrected chi connectivity index (χ0v) is 7.92. The first kappa shape index (κ1) is 9.16. The Bertz CT molecular complexity index is 205. The number of hydrogen-bond acceptors (Lipinski definition) is 3. The molecule has 1 saturated carbocycles. The molecular weight excluding hydrogens is 166 g/mol. The molecule has 0 bridgehead atoms. The number of carbonyl (C=O) groups is 1. The van der Waals surface area contributed by atoms with Gasteiger partial charge >= 0.3 is 0 Å². The molecule has 3 heteroatoms. The van der Waals surface area contributed by atoms with Crippen molar-refractivity contribution in [1.82, 2.24) is 0 Å². The average Bonchev–Trinajstić information content (AvgIpc) is 2.84. The summed E-state index contributed by atoms with van der Waals surface area (Å²) in [5.41, 5.74) is 5.29. The Hall–Kier alpha value is -0.410. The molecule has 2 fully saturated rings. The zero-order chi connectivity index (χ0) is 9.31. The Morgan fingerprint density at radius 2 is 2.31 bits per heavy atom. The molecule has 0 aromatic rings. The van der Waals surface area contributed by atoms with Crippen LogP contribution in [0.3, 0.4) is 0 Å². The lowest BCUT2D eigenvalue weighted by Crippen LogP contribution is -2.48. The first-order chi connectivity index (χ1) is 6.21. The number of ketones is 1. The highest BCUT2D eigenvalue weighted by atomic mass is 16.5. The minimum Gasteiger partial charge on any atom is -0.379 e. The van der Waals surface area contributed by atoms with E-state index >= 15 is 0 Å². The highest BCUT2D eigenvalue weighted by Crippen LogP contribution is 2.34. The Labute approximate surface area is 78.6 Å². The lowest BCUT2D eigenvalue weighted by Gasteiger charge is -2.19. The minimum absolute atomic E-state index is 0.205. The minimum atomic E-state index is -0.644. The van der Waals surface area contributed by atoms with Crippen LogP contribution in [-0.4, -0.2) is 24.5 Å². The van der Waals surface area contributed by atoms with E-state index < -0.39 is 5.54 Å². The summed E-state index contributed by atoms with van der Waals surface area (Å²) in [5, 5.41) is 0. The van der Waals surface area contributed by atoms with E-state index in [0.717, 1.165) is 12.3 Å². The summed E-state index contributed by atoms with van der Waals surface area (Å²) < 4.78 is 5.16. The van der Waals surface area contributed by atoms with Crippen LogP contribution >= 0.6 is 0 Å². The summed E-state index contributed by atoms with van der Waals surface area (Å²) in [6.07, 6.45) is 5.02. The SMILES string of the molecule is NC1(C(=O)CCC2CC2)CCOC1. The predicted octanol–water partition coefficient (Wildman–Crippen LogP) is 0.863. The molecule has 1 unspecified atom stereocenters. The number of rotatable bonds is 4. The molecular formula is C10H17NO2. The summed E-state index contributed by atoms with van der Waals surface area (Å²) in [5.74, 6) is 1.02. The van der Waals surface area contributed by atoms with Crippen LogP contribution in [-0.2, 0) is 9.53 Å². The molecule has 2 rings (SSSR count). The second kappa shape index (κ2) is 3.39. The van der Waals surface area contributed by atoms with E-state index in [-0.39, 0.29) is 5.78 Å². The number of Topliss-reactive ketones (excluding diaryl/α,β-unsaturated/α-hetero) is 1. The number of nitrogens with two attached hydrogens (primary N) is 1. The third kappa shape index (κ3) is 2.09. The zero-order valence-electron chi connectivity index (χ0n) is 7.92. The van der Waals surface area contributed by atoms with Gasteiger partial charge in [-0.05, 0) is 18.8 Å². The Morgan fingerprint density at radius 1 is 1.54 bits per heavy atom. The monoisotopic (exact) mass is 183 g/mol. The summed E-state index contributed by atoms with van der Waals surface area (Å²) in [6, 6.07) is 0. The molecule has 74 valence electrons. The first-order valence-electron chi connectivity index (χ1n) is 5.11. The summed E-state index contributed by atoms with van der Waals surface area (Å²) in [6.45, 7) is 1.07. The van der Waals surface area contributed by atoms with Crippen LogP contribution in [0.2, 0.25) is 0 Å². The van der Waals surface area contributed by atoms with E-state index in [9.17, 15) is 4.79 Å². The predicted molar refractivity (Wildman–Crippen MR) is 49.3 cm³/mol. The summed E-state index contributed by atoms with van der Waals surface area (Å²) in [7, 11) is 0. The van der Waals surface area contributed by atoms with Crippen LogP contribution in [0.15, 0.2) is 0 Å². The van der Waals surface area contributed by atoms with Gasteiger partial charge in [-0.15, -0.1) is 0 Å². The van der Waals surface area contributed by atoms with E-state index in [0.29, 0.717) is 26.1 Å². The van der Waals surface area contributed by atoms with E-state index in [1.165, 1.54) is 12.8 Å². The van der Waals surface area contributed by atoms with Crippen LogP contribution in [0.5, 0.6) is 0 Å². The van der Waals surface area contributed by atoms with Crippen molar-refractivity contribution < 1.29 is 9.53 Å². The van der Waals surface area contributed by atoms with E-state index in [1.54, 1.807) is 0 Å². The molecule has 0 aromatic heterocycles. The molecule has 1 heterocycles. The second-order valence-corrected chi connectivity index (χ2v) is 4.36. The fourth-order valence-electron chi connectivity index (χ4n) is 1.79. The molecule has 1 atom stereocenters. The molecule has 1 saturated heterocycles. The van der Waals surface area contributed by atoms with Gasteiger partial charge in [0.15, 0.2) is 5.78 Å². The van der Waals surface area contributed by atoms with E-state index in [4.69, 9.17) is 10.5 Å². The highest BCUT2D eigenvalue weighted by molar-refractivity contribution is 5.88. The van der Waals surface area contributed by atoms with Crippen LogP contribution in [0.4, 0.5) is 0 Å². The highest BCUT2D eigenvalue weighted by Gasteiger charge is 2.38. The van der Waals surface area contributed by atoms with Gasteiger partial charge in [-0.2, -0.15) is 0 Å². The molecule has 2 aliphatic rings. The standard InChI is InChI=1S/C10H17NO2/c11-10(5-6-13-7-10)9(12)4-3-8-1-2-8/h8H,1-7,11H2. The Morgan fingerprint density at radius 3 is 2.85 bits per heavy atom. The summed E-state index contributed by atoms with van der Waals surface area (Å²) in [4.78, 5) is 11.7. The van der Waals surface area contributed by atoms with Crippen molar-refractivity contribution in [2.45, 2.75) is 37.6 Å². The molecule has 1 aliphatic carbocycles. The van der Waals surface area contributed by atoms with Gasteiger partial charge < -0.3 is 10.5 Å². The quantitative estimate of drug-likeness (QED) is 0.703. The molecule has 0 aromatic carbocycles. The van der Waals surface area contributed by atoms with Crippen molar-refractivity contribution in [3.8, 4) is 0 Å². The maximum absolute atomic E-state index is 11.7. The molecule has 3 nitrogen and oxygen atoms in total. The third-order valence-corrected chi connectivity index (χ3v) is 3.08. The van der Waals surface area contributed by atoms with Gasteiger partial charge in [0, 0.05) is 13.0 Å². The van der Waals surface area contributed by atoms with Crippen molar-refractivity contribution in [1.29, 1.82) is 0 Å². The fourth-order valence-corrected chi connectivity index (χ4v) is 1.79. The lowest BCUT2D eigenvalue weighted by molar-refractivity contribution is -0.124. The third-order valence-electron chi connectivity index (χ3n) is 3.08. The molecule has 0 amide bonds. The summed E-state index contributed by atoms with van der Waals surface area (Å²) >= 11 is 0. The smallest absolute Gasteiger partial charge is 0.155 e. The number of ether oxygens (including phenoxy) is 1. The van der Waals surface area contributed by atoms with Crippen LogP contribution in [0.1, 0.15) is 32.1 Å². The van der Waals surface area contributed by atoms with Crippen molar-refractivity contribution in [3.63, 3.8) is 0 Å². The van der Waals surface area contributed by atoms with Crippen molar-refractivity contribution >= 4 is 5.78 Å². The molecule has 13 heavy (non-hydrogen) atoms. The Balaban J connectivity index is 1.80. The maximum atomic E-state index is 11.7. The van der Waals surface area contributed by atoms with Gasteiger partial charge in [0.2, 0.25) is 0 Å². The van der Waals surface area contributed by atoms with Gasteiger partial charge in [-0.25, -0.2) is 0 Å². The van der Waals surface area contributed by atoms with Crippen molar-refractivity contribution in [3.05, 3.63) is 0 Å². The second-order valence-electron chi connectivity index (χ2n) is 4.36. The molecule has 0 radical (unpaired) electrons. The number of carbonyl (C=O) groups excluding carboxylic acids is 1. The van der Waals surface area contributed by atoms with Gasteiger partial charge in [0.25, 0.3) is 0 Å². The van der Waals surface area contributed by atoms with Crippen LogP contribution < -0.4 is 5.73 Å². The maximum Gasteiger partial charge on any atom is 0.155 e. The molecule has 0 spiro atoms. The number of hydrogen-bond donors (Lipinski definition) is 1. The Kier molecular flexibility index (Phi) is 2.39. The normalized spacial score (nSPS) is 33.6. The van der Waals surface area contributed by atoms with Gasteiger partial charge in [-0.1, -0.05) is 12.8 Å². The van der Waals surface area contributed by atoms with Gasteiger partial charge in [-0.3, -0.25) is 4.79 Å². The first-order valence-corrected chi connectivity index (χ1v) is 5.11. The average molecular weight is 183 g/mol. The molecule has 2 N–H and O–H groups in total. The van der Waals surface area contributed by atoms with Gasteiger partial charge in [0.1, 0.15) is 5.54 Å². The largest absolute Gasteiger partial charge is 0.379 e. The lowest BCUT2D eigenvalue weighted by atomic mass is 9.91.